The molecule has 13 heavy (non-hydrogen) atoms. The lowest BCUT2D eigenvalue weighted by Crippen LogP contribution is -1.86. The molecule has 0 saturated carbocycles. The molecule has 1 aromatic carbocycles. The van der Waals surface area contributed by atoms with E-state index >= 15 is 0 Å². The first kappa shape index (κ1) is 10.0. The van der Waals surface area contributed by atoms with Crippen molar-refractivity contribution in [3.8, 4) is 6.19 Å². The van der Waals surface area contributed by atoms with Gasteiger partial charge in [-0.3, -0.25) is 0 Å². The summed E-state index contributed by atoms with van der Waals surface area (Å²) >= 11 is 6.22. The number of aliphatic imine (C=N–C) groups is 1. The van der Waals surface area contributed by atoms with Crippen LogP contribution in [0.15, 0.2) is 35.3 Å². The molecule has 0 fully saturated rings. The molecule has 66 valence electrons. The van der Waals surface area contributed by atoms with Gasteiger partial charge >= 0.3 is 0 Å². The Morgan fingerprint density at radius 2 is 2.15 bits per heavy atom. The molecule has 0 aliphatic carbocycles. The van der Waals surface area contributed by atoms with E-state index in [0.717, 1.165) is 5.75 Å². The van der Waals surface area contributed by atoms with E-state index in [9.17, 15) is 0 Å². The van der Waals surface area contributed by atoms with Crippen LogP contribution in [0.2, 0.25) is 0 Å². The summed E-state index contributed by atoms with van der Waals surface area (Å²) in [6.45, 7) is 0. The predicted octanol–water partition coefficient (Wildman–Crippen LogP) is 2.30. The highest BCUT2D eigenvalue weighted by atomic mass is 32.2. The Balaban J connectivity index is 2.45. The van der Waals surface area contributed by atoms with Crippen molar-refractivity contribution in [2.24, 2.45) is 4.99 Å². The van der Waals surface area contributed by atoms with Gasteiger partial charge in [0.1, 0.15) is 0 Å². The molecule has 0 unspecified atom stereocenters. The largest absolute Gasteiger partial charge is 0.752 e. The fourth-order valence-corrected chi connectivity index (χ4v) is 1.60. The second-order valence-electron chi connectivity index (χ2n) is 2.25. The Hall–Kier alpha value is -1.05. The van der Waals surface area contributed by atoms with Gasteiger partial charge in [0.25, 0.3) is 0 Å². The number of thioether (sulfide) groups is 1. The van der Waals surface area contributed by atoms with E-state index in [1.165, 1.54) is 17.3 Å². The lowest BCUT2D eigenvalue weighted by molar-refractivity contribution is 1.42. The van der Waals surface area contributed by atoms with Gasteiger partial charge in [-0.1, -0.05) is 30.3 Å². The SMILES string of the molecule is N#CN=C([S-])SCc1ccccc1. The first-order chi connectivity index (χ1) is 6.33. The Bertz CT molecular complexity index is 327. The average molecular weight is 207 g/mol. The molecule has 0 N–H and O–H groups in total. The molecule has 0 amide bonds. The smallest absolute Gasteiger partial charge is 0.204 e. The second-order valence-corrected chi connectivity index (χ2v) is 3.86. The molecule has 1 rings (SSSR count). The number of hydrogen-bond donors (Lipinski definition) is 0. The third-order valence-electron chi connectivity index (χ3n) is 1.35. The third kappa shape index (κ3) is 3.92. The van der Waals surface area contributed by atoms with Gasteiger partial charge in [0.05, 0.1) is 0 Å². The maximum Gasteiger partial charge on any atom is 0.204 e. The van der Waals surface area contributed by atoms with Crippen LogP contribution >= 0.6 is 11.8 Å². The van der Waals surface area contributed by atoms with E-state index in [0.29, 0.717) is 4.38 Å². The molecule has 0 bridgehead atoms. The van der Waals surface area contributed by atoms with Crippen LogP contribution in [0.25, 0.3) is 0 Å². The molecule has 0 aliphatic rings. The molecule has 0 heterocycles. The molecule has 0 aromatic heterocycles. The number of nitrogens with zero attached hydrogens (tertiary/aromatic N) is 2. The maximum absolute atomic E-state index is 8.22. The minimum Gasteiger partial charge on any atom is -0.752 e. The van der Waals surface area contributed by atoms with Crippen molar-refractivity contribution < 1.29 is 0 Å². The Morgan fingerprint density at radius 1 is 1.46 bits per heavy atom. The van der Waals surface area contributed by atoms with Gasteiger partial charge in [0, 0.05) is 5.75 Å². The van der Waals surface area contributed by atoms with Crippen LogP contribution in [0.4, 0.5) is 0 Å². The van der Waals surface area contributed by atoms with Crippen LogP contribution < -0.4 is 0 Å². The number of rotatable bonds is 2. The van der Waals surface area contributed by atoms with E-state index in [2.05, 4.69) is 4.99 Å². The summed E-state index contributed by atoms with van der Waals surface area (Å²) in [6.07, 6.45) is 1.67. The summed E-state index contributed by atoms with van der Waals surface area (Å²) in [6, 6.07) is 9.94. The lowest BCUT2D eigenvalue weighted by atomic mass is 10.2. The van der Waals surface area contributed by atoms with Crippen molar-refractivity contribution >= 4 is 28.8 Å². The van der Waals surface area contributed by atoms with Crippen LogP contribution in [0, 0.1) is 11.5 Å². The molecule has 0 radical (unpaired) electrons. The summed E-state index contributed by atoms with van der Waals surface area (Å²) in [7, 11) is 0. The monoisotopic (exact) mass is 207 g/mol. The molecule has 2 nitrogen and oxygen atoms in total. The van der Waals surface area contributed by atoms with Crippen molar-refractivity contribution in [3.63, 3.8) is 0 Å². The van der Waals surface area contributed by atoms with Crippen LogP contribution in [-0.4, -0.2) is 4.38 Å². The average Bonchev–Trinajstić information content (AvgIpc) is 2.17. The summed E-state index contributed by atoms with van der Waals surface area (Å²) < 4.78 is 0.395. The summed E-state index contributed by atoms with van der Waals surface area (Å²) in [4.78, 5) is 3.44. The van der Waals surface area contributed by atoms with Crippen molar-refractivity contribution in [2.75, 3.05) is 0 Å². The maximum atomic E-state index is 8.22. The Morgan fingerprint density at radius 3 is 2.77 bits per heavy atom. The highest BCUT2D eigenvalue weighted by Crippen LogP contribution is 2.12. The zero-order valence-electron chi connectivity index (χ0n) is 6.80. The number of benzene rings is 1. The molecule has 0 atom stereocenters. The summed E-state index contributed by atoms with van der Waals surface area (Å²) in [5.41, 5.74) is 1.18. The summed E-state index contributed by atoms with van der Waals surface area (Å²) in [5, 5.41) is 8.22. The van der Waals surface area contributed by atoms with Gasteiger partial charge in [-0.15, -0.1) is 11.8 Å². The first-order valence-corrected chi connectivity index (χ1v) is 5.03. The number of nitriles is 1. The molecule has 0 saturated heterocycles. The molecule has 1 aromatic rings. The first-order valence-electron chi connectivity index (χ1n) is 3.63. The normalized spacial score (nSPS) is 10.8. The van der Waals surface area contributed by atoms with Crippen molar-refractivity contribution in [1.29, 1.82) is 5.26 Å². The fraction of sp³-hybridized carbons (Fsp3) is 0.111. The predicted molar refractivity (Wildman–Crippen MR) is 58.2 cm³/mol. The number of hydrogen-bond acceptors (Lipinski definition) is 4. The van der Waals surface area contributed by atoms with E-state index in [1.807, 2.05) is 30.3 Å². The highest BCUT2D eigenvalue weighted by molar-refractivity contribution is 8.26. The highest BCUT2D eigenvalue weighted by Gasteiger charge is 1.89. The zero-order chi connectivity index (χ0) is 9.52. The Labute approximate surface area is 87.1 Å². The van der Waals surface area contributed by atoms with Gasteiger partial charge in [0.15, 0.2) is 0 Å². The van der Waals surface area contributed by atoms with E-state index < -0.39 is 0 Å². The van der Waals surface area contributed by atoms with E-state index in [4.69, 9.17) is 17.9 Å². The van der Waals surface area contributed by atoms with Crippen molar-refractivity contribution in [1.82, 2.24) is 0 Å². The van der Waals surface area contributed by atoms with E-state index in [-0.39, 0.29) is 0 Å². The van der Waals surface area contributed by atoms with Crippen LogP contribution in [0.5, 0.6) is 0 Å². The minimum absolute atomic E-state index is 0.395. The molecule has 4 heteroatoms. The molecular formula is C9H7N2S2-. The third-order valence-corrected chi connectivity index (χ3v) is 2.61. The van der Waals surface area contributed by atoms with Gasteiger partial charge in [-0.25, -0.2) is 0 Å². The minimum atomic E-state index is 0.395. The van der Waals surface area contributed by atoms with Gasteiger partial charge in [0.2, 0.25) is 6.19 Å². The Kier molecular flexibility index (Phi) is 4.30. The van der Waals surface area contributed by atoms with Gasteiger partial charge < -0.3 is 12.6 Å². The second kappa shape index (κ2) is 5.57. The van der Waals surface area contributed by atoms with Crippen molar-refractivity contribution in [2.45, 2.75) is 5.75 Å². The van der Waals surface area contributed by atoms with E-state index in [1.54, 1.807) is 6.19 Å². The van der Waals surface area contributed by atoms with Crippen LogP contribution in [0.3, 0.4) is 0 Å². The van der Waals surface area contributed by atoms with Crippen LogP contribution in [-0.2, 0) is 18.4 Å². The molecule has 0 aliphatic heterocycles. The van der Waals surface area contributed by atoms with Gasteiger partial charge in [-0.05, 0) is 9.94 Å². The quantitative estimate of drug-likeness (QED) is 0.323. The molecular weight excluding hydrogens is 200 g/mol. The summed E-state index contributed by atoms with van der Waals surface area (Å²) in [5.74, 6) is 0.769. The lowest BCUT2D eigenvalue weighted by Gasteiger charge is -2.06. The fourth-order valence-electron chi connectivity index (χ4n) is 0.792. The topological polar surface area (TPSA) is 36.1 Å². The standard InChI is InChI=1S/C9H8N2S2/c10-7-11-9(12)13-6-8-4-2-1-3-5-8/h1-5H,6H2,(H,11,12)/p-1. The van der Waals surface area contributed by atoms with Gasteiger partial charge in [-0.2, -0.15) is 10.3 Å². The molecule has 0 spiro atoms. The van der Waals surface area contributed by atoms with Crippen LogP contribution in [0.1, 0.15) is 5.56 Å². The zero-order valence-corrected chi connectivity index (χ0v) is 8.44. The van der Waals surface area contributed by atoms with Crippen molar-refractivity contribution in [3.05, 3.63) is 35.9 Å².